The molecular formula is C14H10N2O2. The molecule has 3 rings (SSSR count). The van der Waals surface area contributed by atoms with Crippen molar-refractivity contribution in [1.29, 1.82) is 0 Å². The number of nitrogens with zero attached hydrogens (tertiary/aromatic N) is 1. The predicted molar refractivity (Wildman–Crippen MR) is 67.9 cm³/mol. The van der Waals surface area contributed by atoms with Crippen LogP contribution in [0.4, 0.5) is 5.69 Å². The number of pyridine rings is 1. The number of nitrogens with one attached hydrogen (secondary N) is 1. The van der Waals surface area contributed by atoms with Crippen LogP contribution >= 0.6 is 0 Å². The van der Waals surface area contributed by atoms with Gasteiger partial charge in [0.2, 0.25) is 5.88 Å². The number of fused-ring (bicyclic) bond motifs is 1. The van der Waals surface area contributed by atoms with Crippen molar-refractivity contribution in [2.45, 2.75) is 0 Å². The van der Waals surface area contributed by atoms with Gasteiger partial charge in [0.05, 0.1) is 0 Å². The van der Waals surface area contributed by atoms with E-state index in [1.165, 1.54) is 0 Å². The Balaban J connectivity index is 1.96. The van der Waals surface area contributed by atoms with Crippen molar-refractivity contribution < 1.29 is 9.53 Å². The van der Waals surface area contributed by atoms with Gasteiger partial charge >= 0.3 is 5.97 Å². The average Bonchev–Trinajstić information content (AvgIpc) is 2.41. The summed E-state index contributed by atoms with van der Waals surface area (Å²) in [5.74, 6) is -0.113. The molecule has 1 aliphatic rings. The zero-order valence-electron chi connectivity index (χ0n) is 9.46. The fourth-order valence-electron chi connectivity index (χ4n) is 1.72. The van der Waals surface area contributed by atoms with E-state index >= 15 is 0 Å². The fourth-order valence-corrected chi connectivity index (χ4v) is 1.72. The standard InChI is InChI=1S/C14H10N2O2/c17-14-12(9-10-5-2-1-3-6-10)16-11-7-4-8-15-13(11)18-14/h1-9,16H. The lowest BCUT2D eigenvalue weighted by Crippen LogP contribution is -2.23. The summed E-state index contributed by atoms with van der Waals surface area (Å²) >= 11 is 0. The molecule has 0 atom stereocenters. The molecule has 1 aromatic carbocycles. The molecule has 4 heteroatoms. The first-order valence-electron chi connectivity index (χ1n) is 5.54. The predicted octanol–water partition coefficient (Wildman–Crippen LogP) is 2.45. The first kappa shape index (κ1) is 10.5. The summed E-state index contributed by atoms with van der Waals surface area (Å²) in [4.78, 5) is 15.7. The van der Waals surface area contributed by atoms with Crippen LogP contribution in [0.1, 0.15) is 5.56 Å². The third-order valence-electron chi connectivity index (χ3n) is 2.56. The highest BCUT2D eigenvalue weighted by atomic mass is 16.5. The van der Waals surface area contributed by atoms with Crippen LogP contribution in [-0.2, 0) is 4.79 Å². The summed E-state index contributed by atoms with van der Waals surface area (Å²) in [5, 5.41) is 3.02. The van der Waals surface area contributed by atoms with Crippen LogP contribution in [0.3, 0.4) is 0 Å². The quantitative estimate of drug-likeness (QED) is 0.612. The molecule has 0 saturated carbocycles. The first-order valence-corrected chi connectivity index (χ1v) is 5.54. The zero-order valence-corrected chi connectivity index (χ0v) is 9.46. The van der Waals surface area contributed by atoms with Gasteiger partial charge < -0.3 is 10.1 Å². The molecular weight excluding hydrogens is 228 g/mol. The molecule has 1 N–H and O–H groups in total. The summed E-state index contributed by atoms with van der Waals surface area (Å²) in [6, 6.07) is 13.2. The monoisotopic (exact) mass is 238 g/mol. The highest BCUT2D eigenvalue weighted by molar-refractivity contribution is 6.00. The van der Waals surface area contributed by atoms with Crippen LogP contribution in [0.2, 0.25) is 0 Å². The van der Waals surface area contributed by atoms with E-state index in [0.29, 0.717) is 17.3 Å². The molecule has 0 unspecified atom stereocenters. The van der Waals surface area contributed by atoms with Gasteiger partial charge in [0, 0.05) is 6.20 Å². The van der Waals surface area contributed by atoms with Crippen LogP contribution in [0.15, 0.2) is 54.4 Å². The minimum absolute atomic E-state index is 0.313. The Bertz CT molecular complexity index is 621. The Morgan fingerprint density at radius 3 is 2.78 bits per heavy atom. The number of hydrogen-bond donors (Lipinski definition) is 1. The smallest absolute Gasteiger partial charge is 0.361 e. The highest BCUT2D eigenvalue weighted by Gasteiger charge is 2.22. The minimum Gasteiger partial charge on any atom is -0.400 e. The molecule has 0 radical (unpaired) electrons. The van der Waals surface area contributed by atoms with Gasteiger partial charge in [-0.05, 0) is 23.8 Å². The number of rotatable bonds is 1. The van der Waals surface area contributed by atoms with E-state index in [1.807, 2.05) is 36.4 Å². The lowest BCUT2D eigenvalue weighted by molar-refractivity contribution is -0.130. The van der Waals surface area contributed by atoms with Crippen LogP contribution in [0, 0.1) is 0 Å². The molecule has 4 nitrogen and oxygen atoms in total. The third-order valence-corrected chi connectivity index (χ3v) is 2.56. The molecule has 1 aromatic heterocycles. The molecule has 0 bridgehead atoms. The van der Waals surface area contributed by atoms with Gasteiger partial charge in [-0.15, -0.1) is 0 Å². The van der Waals surface area contributed by atoms with E-state index in [-0.39, 0.29) is 0 Å². The Morgan fingerprint density at radius 1 is 1.11 bits per heavy atom. The lowest BCUT2D eigenvalue weighted by atomic mass is 10.2. The van der Waals surface area contributed by atoms with Crippen LogP contribution in [-0.4, -0.2) is 11.0 Å². The van der Waals surface area contributed by atoms with E-state index in [9.17, 15) is 4.79 Å². The van der Waals surface area contributed by atoms with Crippen LogP contribution in [0.25, 0.3) is 6.08 Å². The number of hydrogen-bond acceptors (Lipinski definition) is 4. The third kappa shape index (κ3) is 1.96. The second-order valence-electron chi connectivity index (χ2n) is 3.84. The number of carbonyl (C=O) groups is 1. The molecule has 2 aromatic rings. The van der Waals surface area contributed by atoms with E-state index in [4.69, 9.17) is 4.74 Å². The molecule has 18 heavy (non-hydrogen) atoms. The maximum Gasteiger partial charge on any atom is 0.361 e. The maximum atomic E-state index is 11.8. The molecule has 0 amide bonds. The van der Waals surface area contributed by atoms with Crippen molar-refractivity contribution in [1.82, 2.24) is 4.98 Å². The van der Waals surface area contributed by atoms with Gasteiger partial charge in [-0.1, -0.05) is 30.3 Å². The zero-order chi connectivity index (χ0) is 12.4. The van der Waals surface area contributed by atoms with Gasteiger partial charge in [0.1, 0.15) is 11.4 Å². The Hall–Kier alpha value is -2.62. The highest BCUT2D eigenvalue weighted by Crippen LogP contribution is 2.28. The number of esters is 1. The topological polar surface area (TPSA) is 51.2 Å². The number of ether oxygens (including phenoxy) is 1. The van der Waals surface area contributed by atoms with Crippen molar-refractivity contribution in [3.05, 3.63) is 59.9 Å². The molecule has 0 spiro atoms. The van der Waals surface area contributed by atoms with Crippen LogP contribution in [0.5, 0.6) is 5.88 Å². The van der Waals surface area contributed by atoms with Crippen molar-refractivity contribution in [3.63, 3.8) is 0 Å². The average molecular weight is 238 g/mol. The second-order valence-corrected chi connectivity index (χ2v) is 3.84. The number of benzene rings is 1. The number of aromatic nitrogens is 1. The summed E-state index contributed by atoms with van der Waals surface area (Å²) in [6.07, 6.45) is 3.33. The van der Waals surface area contributed by atoms with Gasteiger partial charge in [-0.25, -0.2) is 9.78 Å². The summed E-state index contributed by atoms with van der Waals surface area (Å²) < 4.78 is 5.14. The normalized spacial score (nSPS) is 15.8. The van der Waals surface area contributed by atoms with E-state index < -0.39 is 5.97 Å². The maximum absolute atomic E-state index is 11.8. The fraction of sp³-hybridized carbons (Fsp3) is 0. The first-order chi connectivity index (χ1) is 8.83. The molecule has 2 heterocycles. The number of anilines is 1. The van der Waals surface area contributed by atoms with Crippen molar-refractivity contribution in [2.75, 3.05) is 5.32 Å². The van der Waals surface area contributed by atoms with Crippen molar-refractivity contribution >= 4 is 17.7 Å². The summed E-state index contributed by atoms with van der Waals surface area (Å²) in [6.45, 7) is 0. The summed E-state index contributed by atoms with van der Waals surface area (Å²) in [7, 11) is 0. The molecule has 0 fully saturated rings. The lowest BCUT2D eigenvalue weighted by Gasteiger charge is -2.18. The summed E-state index contributed by atoms with van der Waals surface area (Å²) in [5.41, 5.74) is 2.03. The van der Waals surface area contributed by atoms with E-state index in [2.05, 4.69) is 10.3 Å². The Morgan fingerprint density at radius 2 is 1.94 bits per heavy atom. The van der Waals surface area contributed by atoms with Gasteiger partial charge in [0.25, 0.3) is 0 Å². The molecule has 1 aliphatic heterocycles. The Labute approximate surface area is 104 Å². The largest absolute Gasteiger partial charge is 0.400 e. The molecule has 0 saturated heterocycles. The van der Waals surface area contributed by atoms with E-state index in [0.717, 1.165) is 5.56 Å². The van der Waals surface area contributed by atoms with Crippen molar-refractivity contribution in [2.24, 2.45) is 0 Å². The van der Waals surface area contributed by atoms with Crippen LogP contribution < -0.4 is 10.1 Å². The molecule has 0 aliphatic carbocycles. The number of carbonyl (C=O) groups excluding carboxylic acids is 1. The van der Waals surface area contributed by atoms with Gasteiger partial charge in [-0.3, -0.25) is 0 Å². The minimum atomic E-state index is -0.426. The molecule has 88 valence electrons. The van der Waals surface area contributed by atoms with Gasteiger partial charge in [0.15, 0.2) is 0 Å². The Kier molecular flexibility index (Phi) is 2.53. The van der Waals surface area contributed by atoms with E-state index in [1.54, 1.807) is 18.3 Å². The van der Waals surface area contributed by atoms with Gasteiger partial charge in [-0.2, -0.15) is 0 Å². The SMILES string of the molecule is O=C1Oc2ncccc2NC1=Cc1ccccc1. The second kappa shape index (κ2) is 4.33. The van der Waals surface area contributed by atoms with Crippen molar-refractivity contribution in [3.8, 4) is 5.88 Å².